The molecule has 1 aliphatic heterocycles. The van der Waals surface area contributed by atoms with Gasteiger partial charge in [-0.2, -0.15) is 0 Å². The first-order valence-corrected chi connectivity index (χ1v) is 8.76. The number of nitrogens with one attached hydrogen (secondary N) is 1. The Labute approximate surface area is 152 Å². The van der Waals surface area contributed by atoms with Gasteiger partial charge in [-0.1, -0.05) is 13.0 Å². The third-order valence-electron chi connectivity index (χ3n) is 4.72. The number of carbonyl (C=O) groups is 1. The first kappa shape index (κ1) is 17.8. The summed E-state index contributed by atoms with van der Waals surface area (Å²) < 4.78 is 0. The molecule has 1 N–H and O–H groups in total. The minimum atomic E-state index is -0.475. The van der Waals surface area contributed by atoms with Crippen molar-refractivity contribution in [1.29, 1.82) is 0 Å². The van der Waals surface area contributed by atoms with Crippen LogP contribution in [0.1, 0.15) is 35.8 Å². The van der Waals surface area contributed by atoms with Gasteiger partial charge in [0.1, 0.15) is 0 Å². The van der Waals surface area contributed by atoms with Gasteiger partial charge in [0.05, 0.1) is 28.4 Å². The van der Waals surface area contributed by atoms with Crippen molar-refractivity contribution in [2.24, 2.45) is 5.92 Å². The van der Waals surface area contributed by atoms with Gasteiger partial charge in [-0.05, 0) is 37.0 Å². The largest absolute Gasteiger partial charge is 0.371 e. The maximum absolute atomic E-state index is 12.7. The van der Waals surface area contributed by atoms with Gasteiger partial charge in [-0.3, -0.25) is 19.9 Å². The zero-order valence-electron chi connectivity index (χ0n) is 14.7. The van der Waals surface area contributed by atoms with E-state index in [9.17, 15) is 14.9 Å². The third kappa shape index (κ3) is 4.17. The fourth-order valence-corrected chi connectivity index (χ4v) is 3.11. The lowest BCUT2D eigenvalue weighted by molar-refractivity contribution is -0.384. The normalized spacial score (nSPS) is 14.9. The summed E-state index contributed by atoms with van der Waals surface area (Å²) in [5.41, 5.74) is 1.74. The predicted molar refractivity (Wildman–Crippen MR) is 99.1 cm³/mol. The lowest BCUT2D eigenvalue weighted by Crippen LogP contribution is -2.35. The molecule has 1 fully saturated rings. The molecule has 0 aliphatic carbocycles. The fourth-order valence-electron chi connectivity index (χ4n) is 3.11. The predicted octanol–water partition coefficient (Wildman–Crippen LogP) is 3.16. The molecule has 0 bridgehead atoms. The van der Waals surface area contributed by atoms with Crippen LogP contribution in [0.5, 0.6) is 0 Å². The molecule has 7 heteroatoms. The van der Waals surface area contributed by atoms with Gasteiger partial charge in [-0.25, -0.2) is 0 Å². The fraction of sp³-hybridized carbons (Fsp3) is 0.368. The van der Waals surface area contributed by atoms with Crippen molar-refractivity contribution in [2.45, 2.75) is 26.3 Å². The molecule has 1 aliphatic rings. The number of nitro groups is 1. The highest BCUT2D eigenvalue weighted by atomic mass is 16.6. The van der Waals surface area contributed by atoms with Crippen LogP contribution in [-0.2, 0) is 6.54 Å². The first-order chi connectivity index (χ1) is 12.5. The number of rotatable bonds is 5. The van der Waals surface area contributed by atoms with Crippen molar-refractivity contribution in [2.75, 3.05) is 18.0 Å². The molecular weight excluding hydrogens is 332 g/mol. The van der Waals surface area contributed by atoms with E-state index in [0.29, 0.717) is 11.5 Å². The molecule has 1 saturated heterocycles. The Bertz CT molecular complexity index is 787. The van der Waals surface area contributed by atoms with Gasteiger partial charge >= 0.3 is 0 Å². The number of nitrogens with zero attached hydrogens (tertiary/aromatic N) is 3. The standard InChI is InChI=1S/C19H22N4O3/c1-14-7-10-22(11-8-14)18-6-5-16(23(25)26)12-17(18)19(24)21-13-15-4-2-3-9-20-15/h2-6,9,12,14H,7-8,10-11,13H2,1H3,(H,21,24). The number of benzene rings is 1. The number of hydrogen-bond acceptors (Lipinski definition) is 5. The summed E-state index contributed by atoms with van der Waals surface area (Å²) >= 11 is 0. The Balaban J connectivity index is 1.83. The highest BCUT2D eigenvalue weighted by Crippen LogP contribution is 2.29. The Hall–Kier alpha value is -2.96. The Kier molecular flexibility index (Phi) is 5.46. The molecule has 0 unspecified atom stereocenters. The molecule has 0 spiro atoms. The quantitative estimate of drug-likeness (QED) is 0.658. The zero-order chi connectivity index (χ0) is 18.5. The summed E-state index contributed by atoms with van der Waals surface area (Å²) in [6, 6.07) is 9.98. The second kappa shape index (κ2) is 7.95. The summed E-state index contributed by atoms with van der Waals surface area (Å²) in [5.74, 6) is 0.332. The Morgan fingerprint density at radius 3 is 2.73 bits per heavy atom. The summed E-state index contributed by atoms with van der Waals surface area (Å²) in [4.78, 5) is 29.7. The van der Waals surface area contributed by atoms with E-state index in [0.717, 1.165) is 37.3 Å². The molecule has 2 heterocycles. The van der Waals surface area contributed by atoms with Gasteiger partial charge in [0.15, 0.2) is 0 Å². The summed E-state index contributed by atoms with van der Waals surface area (Å²) in [5, 5.41) is 14.0. The third-order valence-corrected chi connectivity index (χ3v) is 4.72. The minimum absolute atomic E-state index is 0.0814. The van der Waals surface area contributed by atoms with Gasteiger partial charge < -0.3 is 10.2 Å². The van der Waals surface area contributed by atoms with Crippen LogP contribution < -0.4 is 10.2 Å². The van der Waals surface area contributed by atoms with Crippen molar-refractivity contribution < 1.29 is 9.72 Å². The maximum Gasteiger partial charge on any atom is 0.270 e. The summed E-state index contributed by atoms with van der Waals surface area (Å²) in [7, 11) is 0. The number of carbonyl (C=O) groups excluding carboxylic acids is 1. The molecule has 3 rings (SSSR count). The smallest absolute Gasteiger partial charge is 0.270 e. The lowest BCUT2D eigenvalue weighted by Gasteiger charge is -2.33. The van der Waals surface area contributed by atoms with E-state index in [-0.39, 0.29) is 18.1 Å². The van der Waals surface area contributed by atoms with Crippen LogP contribution in [0.3, 0.4) is 0 Å². The number of pyridine rings is 1. The second-order valence-corrected chi connectivity index (χ2v) is 6.63. The summed E-state index contributed by atoms with van der Waals surface area (Å²) in [6.07, 6.45) is 3.76. The molecular formula is C19H22N4O3. The van der Waals surface area contributed by atoms with Crippen molar-refractivity contribution >= 4 is 17.3 Å². The van der Waals surface area contributed by atoms with Crippen LogP contribution in [0.2, 0.25) is 0 Å². The Morgan fingerprint density at radius 2 is 2.08 bits per heavy atom. The van der Waals surface area contributed by atoms with Crippen molar-refractivity contribution in [3.05, 3.63) is 64.0 Å². The van der Waals surface area contributed by atoms with Crippen molar-refractivity contribution in [1.82, 2.24) is 10.3 Å². The number of hydrogen-bond donors (Lipinski definition) is 1. The molecule has 0 radical (unpaired) electrons. The molecule has 1 amide bonds. The highest BCUT2D eigenvalue weighted by molar-refractivity contribution is 6.00. The van der Waals surface area contributed by atoms with E-state index in [1.807, 2.05) is 12.1 Å². The Morgan fingerprint density at radius 1 is 1.31 bits per heavy atom. The number of anilines is 1. The number of amides is 1. The monoisotopic (exact) mass is 354 g/mol. The molecule has 136 valence electrons. The SMILES string of the molecule is CC1CCN(c2ccc([N+](=O)[O-])cc2C(=O)NCc2ccccn2)CC1. The molecule has 2 aromatic rings. The van der Waals surface area contributed by atoms with Gasteiger partial charge in [0.25, 0.3) is 11.6 Å². The van der Waals surface area contributed by atoms with E-state index in [1.54, 1.807) is 18.3 Å². The highest BCUT2D eigenvalue weighted by Gasteiger charge is 2.23. The van der Waals surface area contributed by atoms with Crippen LogP contribution in [0, 0.1) is 16.0 Å². The van der Waals surface area contributed by atoms with Crippen LogP contribution in [-0.4, -0.2) is 28.9 Å². The van der Waals surface area contributed by atoms with Crippen molar-refractivity contribution in [3.8, 4) is 0 Å². The van der Waals surface area contributed by atoms with Crippen LogP contribution in [0.15, 0.2) is 42.6 Å². The first-order valence-electron chi connectivity index (χ1n) is 8.76. The van der Waals surface area contributed by atoms with Gasteiger partial charge in [-0.15, -0.1) is 0 Å². The maximum atomic E-state index is 12.7. The van der Waals surface area contributed by atoms with E-state index < -0.39 is 4.92 Å². The zero-order valence-corrected chi connectivity index (χ0v) is 14.7. The van der Waals surface area contributed by atoms with Gasteiger partial charge in [0.2, 0.25) is 0 Å². The van der Waals surface area contributed by atoms with Crippen LogP contribution >= 0.6 is 0 Å². The number of piperidine rings is 1. The number of nitro benzene ring substituents is 1. The topological polar surface area (TPSA) is 88.4 Å². The average Bonchev–Trinajstić information content (AvgIpc) is 2.67. The lowest BCUT2D eigenvalue weighted by atomic mass is 9.98. The van der Waals surface area contributed by atoms with Crippen molar-refractivity contribution in [3.63, 3.8) is 0 Å². The average molecular weight is 354 g/mol. The number of aromatic nitrogens is 1. The van der Waals surface area contributed by atoms with E-state index in [4.69, 9.17) is 0 Å². The molecule has 1 aromatic heterocycles. The van der Waals surface area contributed by atoms with E-state index in [2.05, 4.69) is 22.1 Å². The minimum Gasteiger partial charge on any atom is -0.371 e. The number of non-ortho nitro benzene ring substituents is 1. The van der Waals surface area contributed by atoms with Gasteiger partial charge in [0, 0.05) is 31.4 Å². The van der Waals surface area contributed by atoms with E-state index in [1.165, 1.54) is 12.1 Å². The van der Waals surface area contributed by atoms with Crippen LogP contribution in [0.25, 0.3) is 0 Å². The van der Waals surface area contributed by atoms with Crippen LogP contribution in [0.4, 0.5) is 11.4 Å². The summed E-state index contributed by atoms with van der Waals surface area (Å²) in [6.45, 7) is 4.19. The molecule has 7 nitrogen and oxygen atoms in total. The molecule has 0 atom stereocenters. The molecule has 1 aromatic carbocycles. The molecule has 26 heavy (non-hydrogen) atoms. The second-order valence-electron chi connectivity index (χ2n) is 6.63. The van der Waals surface area contributed by atoms with E-state index >= 15 is 0 Å². The molecule has 0 saturated carbocycles.